The number of rotatable bonds is 1. The Kier molecular flexibility index (Phi) is 2.36. The number of aromatic nitrogens is 1. The molecule has 0 saturated carbocycles. The summed E-state index contributed by atoms with van der Waals surface area (Å²) in [6.07, 6.45) is 1.36. The normalized spacial score (nSPS) is 12.6. The largest absolute Gasteiger partial charge is 0.504 e. The van der Waals surface area contributed by atoms with Crippen molar-refractivity contribution in [1.29, 1.82) is 0 Å². The van der Waals surface area contributed by atoms with E-state index in [1.807, 2.05) is 36.4 Å². The number of benzene rings is 2. The Morgan fingerprint density at radius 3 is 2.32 bits per heavy atom. The minimum Gasteiger partial charge on any atom is -0.504 e. The van der Waals surface area contributed by atoms with Gasteiger partial charge < -0.3 is 10.1 Å². The van der Waals surface area contributed by atoms with E-state index in [4.69, 9.17) is 0 Å². The lowest BCUT2D eigenvalue weighted by atomic mass is 10.1. The van der Waals surface area contributed by atoms with Crippen LogP contribution in [0.15, 0.2) is 50.8 Å². The summed E-state index contributed by atoms with van der Waals surface area (Å²) in [5, 5.41) is 13.1. The van der Waals surface area contributed by atoms with Crippen molar-refractivity contribution in [2.45, 2.75) is 0 Å². The maximum absolute atomic E-state index is 11.8. The van der Waals surface area contributed by atoms with Gasteiger partial charge in [0.25, 0.3) is 10.9 Å². The van der Waals surface area contributed by atoms with Crippen LogP contribution in [0.5, 0.6) is 5.75 Å². The van der Waals surface area contributed by atoms with Crippen molar-refractivity contribution in [1.82, 2.24) is 4.98 Å². The van der Waals surface area contributed by atoms with Gasteiger partial charge in [0.15, 0.2) is 5.75 Å². The van der Waals surface area contributed by atoms with E-state index in [0.717, 1.165) is 21.7 Å². The molecule has 0 saturated heterocycles. The molecule has 3 aromatic carbocycles. The summed E-state index contributed by atoms with van der Waals surface area (Å²) in [4.78, 5) is 37.7. The first-order chi connectivity index (χ1) is 10.6. The van der Waals surface area contributed by atoms with Gasteiger partial charge in [0.2, 0.25) is 5.43 Å². The number of H-pyrrole nitrogens is 1. The molecule has 0 aliphatic rings. The van der Waals surface area contributed by atoms with E-state index in [0.29, 0.717) is 5.35 Å². The molecule has 0 fully saturated rings. The Bertz CT molecular complexity index is 1230. The van der Waals surface area contributed by atoms with E-state index in [2.05, 4.69) is 4.98 Å². The molecule has 1 aromatic heterocycles. The fraction of sp³-hybridized carbons (Fsp3) is 0. The highest BCUT2D eigenvalue weighted by atomic mass is 16.3. The van der Waals surface area contributed by atoms with E-state index in [9.17, 15) is 19.5 Å². The fourth-order valence-electron chi connectivity index (χ4n) is 2.84. The van der Waals surface area contributed by atoms with Gasteiger partial charge >= 0.3 is 0 Å². The van der Waals surface area contributed by atoms with Gasteiger partial charge in [0.1, 0.15) is 0 Å². The van der Waals surface area contributed by atoms with Gasteiger partial charge in [0, 0.05) is 21.6 Å². The zero-order valence-electron chi connectivity index (χ0n) is 11.2. The van der Waals surface area contributed by atoms with Gasteiger partial charge in [-0.25, -0.2) is 0 Å². The van der Waals surface area contributed by atoms with Crippen LogP contribution in [0.3, 0.4) is 0 Å². The summed E-state index contributed by atoms with van der Waals surface area (Å²) in [5.41, 5.74) is -2.70. The summed E-state index contributed by atoms with van der Waals surface area (Å²) < 4.78 is 0. The maximum atomic E-state index is 11.8. The molecule has 4 rings (SSSR count). The average Bonchev–Trinajstić information content (AvgIpc) is 2.97. The van der Waals surface area contributed by atoms with Gasteiger partial charge in [-0.1, -0.05) is 30.3 Å². The summed E-state index contributed by atoms with van der Waals surface area (Å²) in [5.74, 6) is -0.785. The maximum Gasteiger partial charge on any atom is 0.277 e. The van der Waals surface area contributed by atoms with Crippen molar-refractivity contribution in [2.75, 3.05) is 0 Å². The third-order valence-electron chi connectivity index (χ3n) is 3.88. The van der Waals surface area contributed by atoms with Crippen molar-refractivity contribution in [3.63, 3.8) is 0 Å². The van der Waals surface area contributed by atoms with Crippen LogP contribution in [0.2, 0.25) is 0 Å². The number of aromatic amines is 1. The van der Waals surface area contributed by atoms with E-state index in [1.165, 1.54) is 6.08 Å². The predicted molar refractivity (Wildman–Crippen MR) is 83.9 cm³/mol. The Morgan fingerprint density at radius 2 is 1.64 bits per heavy atom. The molecule has 2 N–H and O–H groups in total. The smallest absolute Gasteiger partial charge is 0.277 e. The second kappa shape index (κ2) is 4.14. The number of aromatic hydroxyl groups is 1. The summed E-state index contributed by atoms with van der Waals surface area (Å²) in [6.45, 7) is 0. The molecule has 0 amide bonds. The molecule has 4 aromatic rings. The zero-order chi connectivity index (χ0) is 15.4. The van der Waals surface area contributed by atoms with Crippen LogP contribution in [0.4, 0.5) is 0 Å². The fourth-order valence-corrected chi connectivity index (χ4v) is 2.84. The second-order valence-corrected chi connectivity index (χ2v) is 5.14. The third kappa shape index (κ3) is 1.50. The van der Waals surface area contributed by atoms with E-state index in [1.54, 1.807) is 0 Å². The lowest BCUT2D eigenvalue weighted by Crippen LogP contribution is -2.30. The van der Waals surface area contributed by atoms with Crippen molar-refractivity contribution in [3.05, 3.63) is 78.0 Å². The highest BCUT2D eigenvalue weighted by Crippen LogP contribution is 2.23. The highest BCUT2D eigenvalue weighted by Gasteiger charge is 2.17. The lowest BCUT2D eigenvalue weighted by molar-refractivity contribution is 0.471. The first-order valence-electron chi connectivity index (χ1n) is 6.65. The zero-order valence-corrected chi connectivity index (χ0v) is 11.2. The summed E-state index contributed by atoms with van der Waals surface area (Å²) in [6, 6.07) is 11.5. The van der Waals surface area contributed by atoms with E-state index < -0.39 is 22.0 Å². The third-order valence-corrected chi connectivity index (χ3v) is 3.88. The summed E-state index contributed by atoms with van der Waals surface area (Å²) in [7, 11) is 0. The van der Waals surface area contributed by atoms with Crippen molar-refractivity contribution < 1.29 is 5.11 Å². The second-order valence-electron chi connectivity index (χ2n) is 5.14. The average molecular weight is 291 g/mol. The van der Waals surface area contributed by atoms with Crippen LogP contribution < -0.4 is 21.6 Å². The van der Waals surface area contributed by atoms with Crippen LogP contribution in [0, 0.1) is 0 Å². The Morgan fingerprint density at radius 1 is 0.909 bits per heavy atom. The Labute approximate surface area is 122 Å². The van der Waals surface area contributed by atoms with Gasteiger partial charge in [-0.3, -0.25) is 14.4 Å². The molecule has 0 bridgehead atoms. The van der Waals surface area contributed by atoms with Crippen molar-refractivity contribution in [2.24, 2.45) is 0 Å². The number of hydrogen-bond acceptors (Lipinski definition) is 4. The van der Waals surface area contributed by atoms with Crippen molar-refractivity contribution >= 4 is 27.8 Å². The molecule has 0 aliphatic heterocycles. The molecule has 0 radical (unpaired) electrons. The van der Waals surface area contributed by atoms with Gasteiger partial charge in [-0.2, -0.15) is 0 Å². The van der Waals surface area contributed by atoms with E-state index in [-0.39, 0.29) is 5.56 Å². The van der Waals surface area contributed by atoms with Crippen LogP contribution in [0.1, 0.15) is 5.56 Å². The molecular weight excluding hydrogens is 282 g/mol. The number of hydrogen-bond donors (Lipinski definition) is 2. The summed E-state index contributed by atoms with van der Waals surface area (Å²) >= 11 is 0. The molecule has 5 heteroatoms. The molecular formula is C17H9NO4. The first kappa shape index (κ1) is 12.5. The topological polar surface area (TPSA) is 87.2 Å². The minimum atomic E-state index is -1.20. The molecule has 106 valence electrons. The Hall–Kier alpha value is -3.21. The predicted octanol–water partition coefficient (Wildman–Crippen LogP) is 0.531. The molecule has 22 heavy (non-hydrogen) atoms. The lowest BCUT2D eigenvalue weighted by Gasteiger charge is -1.95. The van der Waals surface area contributed by atoms with Gasteiger partial charge in [-0.05, 0) is 17.5 Å². The molecule has 1 heterocycles. The van der Waals surface area contributed by atoms with Crippen LogP contribution in [-0.2, 0) is 0 Å². The Balaban J connectivity index is 2.18. The molecule has 5 nitrogen and oxygen atoms in total. The van der Waals surface area contributed by atoms with Crippen LogP contribution >= 0.6 is 0 Å². The van der Waals surface area contributed by atoms with Crippen molar-refractivity contribution in [3.8, 4) is 5.75 Å². The highest BCUT2D eigenvalue weighted by molar-refractivity contribution is 6.09. The molecule has 0 atom stereocenters. The minimum absolute atomic E-state index is 0.262. The molecule has 0 spiro atoms. The van der Waals surface area contributed by atoms with E-state index >= 15 is 0 Å². The molecule has 0 aliphatic carbocycles. The quantitative estimate of drug-likeness (QED) is 0.501. The molecule has 0 unspecified atom stereocenters. The van der Waals surface area contributed by atoms with Crippen LogP contribution in [0.25, 0.3) is 27.8 Å². The first-order valence-corrected chi connectivity index (χ1v) is 6.65. The van der Waals surface area contributed by atoms with Gasteiger partial charge in [-0.15, -0.1) is 0 Å². The monoisotopic (exact) mass is 291 g/mol. The van der Waals surface area contributed by atoms with Crippen LogP contribution in [-0.4, -0.2) is 10.1 Å². The number of nitrogens with one attached hydrogen (secondary N) is 1. The SMILES string of the molecule is O=c1c(O)c(/C=c2/[nH]c3cccc4cccc2c43)c(=O)c1=O. The standard InChI is InChI=1S/C17H9NO4/c19-14-10(15(20)17(22)16(14)21)7-12-9-5-1-3-8-4-2-6-11(18-12)13(8)9/h1-7,18-19H/b12-7+. The van der Waals surface area contributed by atoms with Gasteiger partial charge in [0.05, 0.1) is 5.56 Å².